The molecule has 0 saturated carbocycles. The molecule has 1 fully saturated rings. The lowest BCUT2D eigenvalue weighted by atomic mass is 9.72. The SMILES string of the molecule is CCSSCCOC(=O)NC1CC(O[C@H]2C[C@](O)(C(=O)CO)Cc3c(O)c4c(c(O)c32)C(=O)c2c(OC)cccc2C4=O)OC(C)C1O. The summed E-state index contributed by atoms with van der Waals surface area (Å²) in [5.41, 5.74) is -3.94. The van der Waals surface area contributed by atoms with E-state index in [1.165, 1.54) is 32.2 Å². The van der Waals surface area contributed by atoms with Crippen LogP contribution in [0.1, 0.15) is 75.8 Å². The Balaban J connectivity index is 1.50. The third-order valence-electron chi connectivity index (χ3n) is 8.66. The van der Waals surface area contributed by atoms with Crippen molar-refractivity contribution in [2.75, 3.05) is 31.8 Å². The van der Waals surface area contributed by atoms with E-state index in [4.69, 9.17) is 18.9 Å². The van der Waals surface area contributed by atoms with Crippen LogP contribution in [-0.2, 0) is 25.4 Å². The molecule has 1 amide bonds. The Bertz CT molecular complexity index is 1620. The number of aromatic hydroxyl groups is 2. The average molecular weight is 708 g/mol. The molecule has 0 spiro atoms. The van der Waals surface area contributed by atoms with Gasteiger partial charge < -0.3 is 49.8 Å². The number of hydrogen-bond donors (Lipinski definition) is 6. The number of carbonyl (C=O) groups is 4. The molecule has 5 rings (SSSR count). The number of nitrogens with one attached hydrogen (secondary N) is 1. The van der Waals surface area contributed by atoms with Crippen molar-refractivity contribution in [1.29, 1.82) is 0 Å². The number of aliphatic hydroxyl groups excluding tert-OH is 2. The van der Waals surface area contributed by atoms with Gasteiger partial charge >= 0.3 is 6.09 Å². The van der Waals surface area contributed by atoms with Crippen LogP contribution in [0.2, 0.25) is 0 Å². The van der Waals surface area contributed by atoms with Crippen molar-refractivity contribution >= 4 is 45.0 Å². The van der Waals surface area contributed by atoms with Crippen LogP contribution in [0.3, 0.4) is 0 Å². The molecule has 0 aromatic heterocycles. The summed E-state index contributed by atoms with van der Waals surface area (Å²) >= 11 is 0. The highest BCUT2D eigenvalue weighted by molar-refractivity contribution is 8.76. The van der Waals surface area contributed by atoms with E-state index in [1.54, 1.807) is 21.6 Å². The van der Waals surface area contributed by atoms with Crippen molar-refractivity contribution in [2.45, 2.75) is 69.4 Å². The summed E-state index contributed by atoms with van der Waals surface area (Å²) in [5.74, 6) is -2.53. The highest BCUT2D eigenvalue weighted by Gasteiger charge is 2.50. The van der Waals surface area contributed by atoms with E-state index in [0.29, 0.717) is 5.75 Å². The van der Waals surface area contributed by atoms with Gasteiger partial charge in [-0.1, -0.05) is 40.6 Å². The zero-order valence-electron chi connectivity index (χ0n) is 26.4. The van der Waals surface area contributed by atoms with Crippen LogP contribution in [0, 0.1) is 0 Å². The molecule has 16 heteroatoms. The molecule has 14 nitrogen and oxygen atoms in total. The summed E-state index contributed by atoms with van der Waals surface area (Å²) in [6.45, 7) is 2.62. The number of methoxy groups -OCH3 is 1. The molecule has 48 heavy (non-hydrogen) atoms. The predicted octanol–water partition coefficient (Wildman–Crippen LogP) is 2.17. The van der Waals surface area contributed by atoms with Crippen molar-refractivity contribution in [1.82, 2.24) is 5.32 Å². The van der Waals surface area contributed by atoms with Crippen molar-refractivity contribution in [3.05, 3.63) is 51.6 Å². The van der Waals surface area contributed by atoms with Gasteiger partial charge in [-0.2, -0.15) is 0 Å². The average Bonchev–Trinajstić information content (AvgIpc) is 3.06. The van der Waals surface area contributed by atoms with Gasteiger partial charge in [-0.15, -0.1) is 0 Å². The Kier molecular flexibility index (Phi) is 10.9. The third-order valence-corrected chi connectivity index (χ3v) is 11.1. The first kappa shape index (κ1) is 35.9. The number of amides is 1. The standard InChI is InChI=1S/C32H37NO13S2/c1-4-47-48-9-8-44-31(41)33-17-10-21(45-14(2)26(17)36)46-19-12-32(42,20(35)13-34)11-16-23(19)30(40)25-24(28(16)38)27(37)15-6-5-7-18(43-3)22(15)29(25)39/h5-7,14,17,19,21,26,34,36,38,40,42H,4,8-13H2,1-3H3,(H,33,41)/t14?,17?,19-,21?,26?,32-/m0/s1. The van der Waals surface area contributed by atoms with Crippen molar-refractivity contribution in [3.63, 3.8) is 0 Å². The fourth-order valence-corrected chi connectivity index (χ4v) is 7.86. The molecule has 1 saturated heterocycles. The summed E-state index contributed by atoms with van der Waals surface area (Å²) in [7, 11) is 4.48. The molecule has 0 radical (unpaired) electrons. The molecular formula is C32H37NO13S2. The maximum atomic E-state index is 13.8. The highest BCUT2D eigenvalue weighted by Crippen LogP contribution is 2.52. The molecule has 1 heterocycles. The lowest BCUT2D eigenvalue weighted by Crippen LogP contribution is -2.56. The summed E-state index contributed by atoms with van der Waals surface area (Å²) in [6.07, 6.45) is -6.79. The fraction of sp³-hybridized carbons (Fsp3) is 0.500. The van der Waals surface area contributed by atoms with Gasteiger partial charge in [0.25, 0.3) is 0 Å². The molecule has 1 aliphatic heterocycles. The predicted molar refractivity (Wildman–Crippen MR) is 173 cm³/mol. The second-order valence-corrected chi connectivity index (χ2v) is 14.5. The summed E-state index contributed by atoms with van der Waals surface area (Å²) < 4.78 is 22.5. The van der Waals surface area contributed by atoms with Crippen LogP contribution in [0.5, 0.6) is 17.2 Å². The van der Waals surface area contributed by atoms with Crippen molar-refractivity contribution in [3.8, 4) is 17.2 Å². The number of phenols is 2. The quantitative estimate of drug-likeness (QED) is 0.0956. The zero-order valence-corrected chi connectivity index (χ0v) is 28.0. The minimum absolute atomic E-state index is 0.0719. The second kappa shape index (κ2) is 14.6. The van der Waals surface area contributed by atoms with Crippen LogP contribution >= 0.6 is 21.6 Å². The van der Waals surface area contributed by atoms with E-state index in [9.17, 15) is 44.7 Å². The number of rotatable bonds is 11. The lowest BCUT2D eigenvalue weighted by molar-refractivity contribution is -0.249. The smallest absolute Gasteiger partial charge is 0.407 e. The number of benzene rings is 2. The van der Waals surface area contributed by atoms with E-state index >= 15 is 0 Å². The molecule has 4 unspecified atom stereocenters. The van der Waals surface area contributed by atoms with Gasteiger partial charge in [-0.25, -0.2) is 4.79 Å². The Morgan fingerprint density at radius 2 is 1.83 bits per heavy atom. The Morgan fingerprint density at radius 3 is 2.52 bits per heavy atom. The van der Waals surface area contributed by atoms with Crippen molar-refractivity contribution < 1.29 is 63.7 Å². The zero-order chi connectivity index (χ0) is 34.9. The number of fused-ring (bicyclic) bond motifs is 3. The molecule has 6 N–H and O–H groups in total. The first-order valence-electron chi connectivity index (χ1n) is 15.3. The summed E-state index contributed by atoms with van der Waals surface area (Å²) in [5, 5.41) is 57.7. The minimum Gasteiger partial charge on any atom is -0.507 e. The Morgan fingerprint density at radius 1 is 1.10 bits per heavy atom. The monoisotopic (exact) mass is 707 g/mol. The topological polar surface area (TPSA) is 218 Å². The van der Waals surface area contributed by atoms with E-state index < -0.39 is 102 Å². The Labute approximate surface area is 283 Å². The number of phenolic OH excluding ortho intramolecular Hbond substituents is 2. The number of ketones is 3. The molecular weight excluding hydrogens is 670 g/mol. The molecule has 2 aromatic carbocycles. The van der Waals surface area contributed by atoms with Gasteiger partial charge in [0.1, 0.15) is 42.2 Å². The summed E-state index contributed by atoms with van der Waals surface area (Å²) in [4.78, 5) is 52.8. The highest BCUT2D eigenvalue weighted by atomic mass is 33.1. The second-order valence-electron chi connectivity index (χ2n) is 11.6. The maximum absolute atomic E-state index is 13.8. The van der Waals surface area contributed by atoms with E-state index in [2.05, 4.69) is 5.32 Å². The first-order valence-corrected chi connectivity index (χ1v) is 17.8. The molecule has 0 bridgehead atoms. The Hall–Kier alpha value is -3.38. The third kappa shape index (κ3) is 6.62. The van der Waals surface area contributed by atoms with Gasteiger partial charge in [0, 0.05) is 47.5 Å². The van der Waals surface area contributed by atoms with Crippen LogP contribution in [0.4, 0.5) is 4.79 Å². The van der Waals surface area contributed by atoms with E-state index in [1.807, 2.05) is 6.92 Å². The van der Waals surface area contributed by atoms with Crippen LogP contribution in [0.15, 0.2) is 18.2 Å². The lowest BCUT2D eigenvalue weighted by Gasteiger charge is -2.42. The number of alkyl carbamates (subject to hydrolysis) is 1. The van der Waals surface area contributed by atoms with Gasteiger partial charge in [0.2, 0.25) is 5.78 Å². The molecule has 2 aromatic rings. The normalized spacial score (nSPS) is 26.2. The number of aliphatic hydroxyl groups is 3. The first-order chi connectivity index (χ1) is 22.9. The van der Waals surface area contributed by atoms with Gasteiger partial charge in [0.15, 0.2) is 17.9 Å². The van der Waals surface area contributed by atoms with Gasteiger partial charge in [0.05, 0.1) is 42.0 Å². The minimum atomic E-state index is -2.32. The van der Waals surface area contributed by atoms with E-state index in [0.717, 1.165) is 5.75 Å². The van der Waals surface area contributed by atoms with Gasteiger partial charge in [-0.05, 0) is 13.0 Å². The number of carbonyl (C=O) groups excluding carboxylic acids is 4. The van der Waals surface area contributed by atoms with Crippen LogP contribution < -0.4 is 10.1 Å². The molecule has 2 aliphatic carbocycles. The molecule has 260 valence electrons. The van der Waals surface area contributed by atoms with Crippen LogP contribution in [0.25, 0.3) is 0 Å². The van der Waals surface area contributed by atoms with E-state index in [-0.39, 0.29) is 41.0 Å². The fourth-order valence-electron chi connectivity index (χ4n) is 6.36. The largest absolute Gasteiger partial charge is 0.507 e. The van der Waals surface area contributed by atoms with Crippen LogP contribution in [-0.4, -0.2) is 111 Å². The number of hydrogen-bond acceptors (Lipinski definition) is 15. The van der Waals surface area contributed by atoms with Gasteiger partial charge in [-0.3, -0.25) is 14.4 Å². The molecule has 3 aliphatic rings. The summed E-state index contributed by atoms with van der Waals surface area (Å²) in [6, 6.07) is 3.41. The number of ether oxygens (including phenoxy) is 4. The molecule has 6 atom stereocenters. The number of Topliss-reactive ketones (excluding diaryl/α,β-unsaturated/α-hetero) is 1. The van der Waals surface area contributed by atoms with Crippen molar-refractivity contribution in [2.24, 2.45) is 0 Å². The maximum Gasteiger partial charge on any atom is 0.407 e.